The van der Waals surface area contributed by atoms with Crippen LogP contribution in [-0.2, 0) is 0 Å². The van der Waals surface area contributed by atoms with Gasteiger partial charge in [-0.2, -0.15) is 0 Å². The molecule has 5 heteroatoms. The molecule has 0 aliphatic rings. The van der Waals surface area contributed by atoms with Crippen LogP contribution in [0.2, 0.25) is 0 Å². The van der Waals surface area contributed by atoms with Gasteiger partial charge in [0.2, 0.25) is 0 Å². The van der Waals surface area contributed by atoms with Crippen LogP contribution in [0.3, 0.4) is 0 Å². The summed E-state index contributed by atoms with van der Waals surface area (Å²) in [5.41, 5.74) is 12.8. The molecule has 0 aromatic heterocycles. The number of nitrogens with two attached hydrogens (primary N) is 2. The number of hydrogen-bond acceptors (Lipinski definition) is 3. The summed E-state index contributed by atoms with van der Waals surface area (Å²) in [5.74, 6) is 0. The number of rotatable bonds is 1. The number of thioether (sulfide) groups is 1. The number of hydrogen-bond donors (Lipinski definition) is 2. The fraction of sp³-hybridized carbons (Fsp3) is 0.143. The van der Waals surface area contributed by atoms with Crippen LogP contribution in [0.1, 0.15) is 0 Å². The van der Waals surface area contributed by atoms with Crippen molar-refractivity contribution >= 4 is 48.0 Å². The summed E-state index contributed by atoms with van der Waals surface area (Å²) < 4.78 is 0. The molecular weight excluding hydrogens is 215 g/mol. The van der Waals surface area contributed by atoms with Crippen molar-refractivity contribution in [3.05, 3.63) is 18.2 Å². The Kier molecular flexibility index (Phi) is 7.48. The minimum Gasteiger partial charge on any atom is -0.398 e. The van der Waals surface area contributed by atoms with Crippen LogP contribution < -0.4 is 11.5 Å². The van der Waals surface area contributed by atoms with Crippen LogP contribution in [0.25, 0.3) is 0 Å². The van der Waals surface area contributed by atoms with E-state index in [2.05, 4.69) is 0 Å². The molecule has 0 saturated carbocycles. The van der Waals surface area contributed by atoms with Gasteiger partial charge in [0, 0.05) is 11.4 Å². The van der Waals surface area contributed by atoms with E-state index in [-0.39, 0.29) is 24.8 Å². The van der Waals surface area contributed by atoms with Gasteiger partial charge in [-0.15, -0.1) is 36.6 Å². The molecule has 0 spiro atoms. The summed E-state index contributed by atoms with van der Waals surface area (Å²) in [6.45, 7) is 0. The second-order valence-electron chi connectivity index (χ2n) is 1.97. The summed E-state index contributed by atoms with van der Waals surface area (Å²) >= 11 is 1.57. The van der Waals surface area contributed by atoms with E-state index in [9.17, 15) is 0 Å². The van der Waals surface area contributed by atoms with Crippen LogP contribution in [0.4, 0.5) is 11.4 Å². The maximum absolute atomic E-state index is 5.63. The Morgan fingerprint density at radius 1 is 1.08 bits per heavy atom. The molecule has 1 rings (SSSR count). The molecule has 12 heavy (non-hydrogen) atoms. The second-order valence-corrected chi connectivity index (χ2v) is 2.79. The van der Waals surface area contributed by atoms with Gasteiger partial charge in [0.25, 0.3) is 0 Å². The zero-order chi connectivity index (χ0) is 7.56. The fourth-order valence-corrected chi connectivity index (χ4v) is 1.42. The van der Waals surface area contributed by atoms with E-state index in [0.717, 1.165) is 16.3 Å². The summed E-state index contributed by atoms with van der Waals surface area (Å²) in [7, 11) is 0. The van der Waals surface area contributed by atoms with Crippen molar-refractivity contribution in [2.75, 3.05) is 17.7 Å². The number of benzene rings is 1. The van der Waals surface area contributed by atoms with E-state index in [1.165, 1.54) is 0 Å². The van der Waals surface area contributed by atoms with Gasteiger partial charge in [-0.25, -0.2) is 0 Å². The lowest BCUT2D eigenvalue weighted by atomic mass is 10.3. The Bertz CT molecular complexity index is 223. The Hall–Kier alpha value is -0.250. The molecule has 1 aromatic carbocycles. The Balaban J connectivity index is 0. The van der Waals surface area contributed by atoms with Crippen molar-refractivity contribution in [3.63, 3.8) is 0 Å². The molecule has 0 unspecified atom stereocenters. The quantitative estimate of drug-likeness (QED) is 0.572. The van der Waals surface area contributed by atoms with Gasteiger partial charge in [-0.1, -0.05) is 6.07 Å². The van der Waals surface area contributed by atoms with E-state index < -0.39 is 0 Å². The molecule has 1 aromatic rings. The van der Waals surface area contributed by atoms with Crippen molar-refractivity contribution in [1.29, 1.82) is 0 Å². The molecule has 0 aliphatic heterocycles. The predicted octanol–water partition coefficient (Wildman–Crippen LogP) is 2.42. The van der Waals surface area contributed by atoms with Crippen molar-refractivity contribution in [3.8, 4) is 0 Å². The van der Waals surface area contributed by atoms with Gasteiger partial charge in [0.1, 0.15) is 0 Å². The van der Waals surface area contributed by atoms with Crippen molar-refractivity contribution in [2.45, 2.75) is 4.90 Å². The van der Waals surface area contributed by atoms with Gasteiger partial charge < -0.3 is 11.5 Å². The maximum Gasteiger partial charge on any atom is 0.0529 e. The first kappa shape index (κ1) is 14.3. The van der Waals surface area contributed by atoms with E-state index >= 15 is 0 Å². The standard InChI is InChI=1S/C7H10N2S.2ClH/c1-10-7-5(8)3-2-4-6(7)9;;/h2-4H,8-9H2,1H3;2*1H. The van der Waals surface area contributed by atoms with E-state index in [1.54, 1.807) is 11.8 Å². The highest BCUT2D eigenvalue weighted by Gasteiger charge is 1.99. The molecule has 0 fully saturated rings. The summed E-state index contributed by atoms with van der Waals surface area (Å²) in [5, 5.41) is 0. The van der Waals surface area contributed by atoms with Crippen molar-refractivity contribution in [2.24, 2.45) is 0 Å². The zero-order valence-corrected chi connectivity index (χ0v) is 9.06. The van der Waals surface area contributed by atoms with Crippen molar-refractivity contribution in [1.82, 2.24) is 0 Å². The fourth-order valence-electron chi connectivity index (χ4n) is 0.809. The molecule has 0 aliphatic carbocycles. The van der Waals surface area contributed by atoms with Gasteiger partial charge >= 0.3 is 0 Å². The van der Waals surface area contributed by atoms with E-state index in [4.69, 9.17) is 11.5 Å². The zero-order valence-electron chi connectivity index (χ0n) is 6.61. The first-order valence-electron chi connectivity index (χ1n) is 2.93. The van der Waals surface area contributed by atoms with Crippen molar-refractivity contribution < 1.29 is 0 Å². The highest BCUT2D eigenvalue weighted by Crippen LogP contribution is 2.28. The topological polar surface area (TPSA) is 52.0 Å². The first-order chi connectivity index (χ1) is 4.75. The Morgan fingerprint density at radius 2 is 1.50 bits per heavy atom. The predicted molar refractivity (Wildman–Crippen MR) is 61.5 cm³/mol. The molecule has 0 atom stereocenters. The average Bonchev–Trinajstić information content (AvgIpc) is 1.88. The average molecular weight is 227 g/mol. The number of halogens is 2. The lowest BCUT2D eigenvalue weighted by Gasteiger charge is -2.03. The van der Waals surface area contributed by atoms with Crippen LogP contribution in [0, 0.1) is 0 Å². The highest BCUT2D eigenvalue weighted by molar-refractivity contribution is 7.99. The Labute approximate surface area is 88.9 Å². The van der Waals surface area contributed by atoms with Gasteiger partial charge in [-0.3, -0.25) is 0 Å². The molecule has 0 saturated heterocycles. The summed E-state index contributed by atoms with van der Waals surface area (Å²) in [6.07, 6.45) is 1.96. The number of anilines is 2. The van der Waals surface area contributed by atoms with Crippen LogP contribution in [-0.4, -0.2) is 6.26 Å². The molecule has 70 valence electrons. The Morgan fingerprint density at radius 3 is 1.75 bits per heavy atom. The minimum absolute atomic E-state index is 0. The first-order valence-corrected chi connectivity index (χ1v) is 4.16. The third-order valence-corrected chi connectivity index (χ3v) is 2.16. The lowest BCUT2D eigenvalue weighted by molar-refractivity contribution is 1.47. The van der Waals surface area contributed by atoms with Gasteiger partial charge in [0.15, 0.2) is 0 Å². The molecular formula is C7H12Cl2N2S. The van der Waals surface area contributed by atoms with E-state index in [1.807, 2.05) is 24.5 Å². The third-order valence-electron chi connectivity index (χ3n) is 1.28. The van der Waals surface area contributed by atoms with Gasteiger partial charge in [-0.05, 0) is 18.4 Å². The lowest BCUT2D eigenvalue weighted by Crippen LogP contribution is -1.93. The van der Waals surface area contributed by atoms with Crippen LogP contribution in [0.5, 0.6) is 0 Å². The van der Waals surface area contributed by atoms with Gasteiger partial charge in [0.05, 0.1) is 4.90 Å². The largest absolute Gasteiger partial charge is 0.398 e. The highest BCUT2D eigenvalue weighted by atomic mass is 35.5. The molecule has 0 bridgehead atoms. The normalized spacial score (nSPS) is 8.08. The molecule has 0 amide bonds. The molecule has 0 heterocycles. The number of nitrogen functional groups attached to an aromatic ring is 2. The third kappa shape index (κ3) is 3.01. The summed E-state index contributed by atoms with van der Waals surface area (Å²) in [6, 6.07) is 5.55. The second kappa shape index (κ2) is 6.29. The summed E-state index contributed by atoms with van der Waals surface area (Å²) in [4.78, 5) is 0.975. The molecule has 4 N–H and O–H groups in total. The minimum atomic E-state index is 0. The smallest absolute Gasteiger partial charge is 0.0529 e. The maximum atomic E-state index is 5.63. The molecule has 2 nitrogen and oxygen atoms in total. The van der Waals surface area contributed by atoms with Crippen LogP contribution >= 0.6 is 36.6 Å². The van der Waals surface area contributed by atoms with Crippen LogP contribution in [0.15, 0.2) is 23.1 Å². The van der Waals surface area contributed by atoms with E-state index in [0.29, 0.717) is 0 Å². The SMILES string of the molecule is CSc1c(N)cccc1N.Cl.Cl. The monoisotopic (exact) mass is 226 g/mol. The molecule has 0 radical (unpaired) electrons.